The van der Waals surface area contributed by atoms with Crippen molar-refractivity contribution in [1.82, 2.24) is 4.98 Å². The Morgan fingerprint density at radius 2 is 2.15 bits per heavy atom. The lowest BCUT2D eigenvalue weighted by Crippen LogP contribution is -2.11. The van der Waals surface area contributed by atoms with Crippen LogP contribution in [0.5, 0.6) is 5.75 Å². The van der Waals surface area contributed by atoms with Gasteiger partial charge in [-0.05, 0) is 36.1 Å². The largest absolute Gasteiger partial charge is 0.497 e. The lowest BCUT2D eigenvalue weighted by atomic mass is 10.1. The van der Waals surface area contributed by atoms with Crippen molar-refractivity contribution in [2.75, 3.05) is 38.7 Å². The Hall–Kier alpha value is -1.85. The van der Waals surface area contributed by atoms with E-state index in [2.05, 4.69) is 10.3 Å². The van der Waals surface area contributed by atoms with Gasteiger partial charge in [-0.2, -0.15) is 0 Å². The van der Waals surface area contributed by atoms with Crippen molar-refractivity contribution in [3.8, 4) is 5.75 Å². The number of nitrogens with zero attached hydrogens (tertiary/aromatic N) is 1. The van der Waals surface area contributed by atoms with Crippen LogP contribution in [0.1, 0.15) is 6.42 Å². The molecular formula is C15H21N3O2. The zero-order valence-corrected chi connectivity index (χ0v) is 11.8. The number of hydrogen-bond acceptors (Lipinski definition) is 5. The van der Waals surface area contributed by atoms with Gasteiger partial charge in [0.2, 0.25) is 0 Å². The minimum atomic E-state index is 0.570. The van der Waals surface area contributed by atoms with E-state index >= 15 is 0 Å². The number of ether oxygens (including phenoxy) is 2. The number of methoxy groups -OCH3 is 1. The number of nitrogens with one attached hydrogen (secondary N) is 1. The predicted octanol–water partition coefficient (Wildman–Crippen LogP) is 2.02. The van der Waals surface area contributed by atoms with Gasteiger partial charge in [0.25, 0.3) is 0 Å². The molecule has 2 aromatic rings. The van der Waals surface area contributed by atoms with Crippen LogP contribution in [-0.2, 0) is 4.74 Å². The summed E-state index contributed by atoms with van der Waals surface area (Å²) in [5, 5.41) is 5.54. The van der Waals surface area contributed by atoms with Gasteiger partial charge in [0.1, 0.15) is 11.6 Å². The summed E-state index contributed by atoms with van der Waals surface area (Å²) in [6.45, 7) is 2.72. The standard InChI is InChI=1S/C15H21N3O2/c1-19-13-3-4-14-12(11-13)5-8-18-15(14)17-7-2-9-20-10-6-16/h3-5,8,11H,2,6-7,9-10,16H2,1H3,(H,17,18). The van der Waals surface area contributed by atoms with E-state index in [1.165, 1.54) is 0 Å². The van der Waals surface area contributed by atoms with Crippen molar-refractivity contribution in [3.63, 3.8) is 0 Å². The van der Waals surface area contributed by atoms with Crippen molar-refractivity contribution < 1.29 is 9.47 Å². The number of hydrogen-bond donors (Lipinski definition) is 2. The maximum absolute atomic E-state index is 5.36. The highest BCUT2D eigenvalue weighted by Crippen LogP contribution is 2.25. The Morgan fingerprint density at radius 1 is 1.25 bits per heavy atom. The van der Waals surface area contributed by atoms with Gasteiger partial charge in [-0.3, -0.25) is 0 Å². The van der Waals surface area contributed by atoms with E-state index in [1.807, 2.05) is 24.3 Å². The van der Waals surface area contributed by atoms with Crippen LogP contribution >= 0.6 is 0 Å². The Morgan fingerprint density at radius 3 is 2.95 bits per heavy atom. The van der Waals surface area contributed by atoms with E-state index in [1.54, 1.807) is 13.3 Å². The van der Waals surface area contributed by atoms with Crippen LogP contribution in [0.2, 0.25) is 0 Å². The van der Waals surface area contributed by atoms with E-state index < -0.39 is 0 Å². The highest BCUT2D eigenvalue weighted by Gasteiger charge is 2.03. The number of fused-ring (bicyclic) bond motifs is 1. The molecular weight excluding hydrogens is 254 g/mol. The lowest BCUT2D eigenvalue weighted by molar-refractivity contribution is 0.141. The van der Waals surface area contributed by atoms with Gasteiger partial charge >= 0.3 is 0 Å². The lowest BCUT2D eigenvalue weighted by Gasteiger charge is -2.09. The zero-order valence-electron chi connectivity index (χ0n) is 11.8. The van der Waals surface area contributed by atoms with Crippen LogP contribution in [0.3, 0.4) is 0 Å². The molecule has 0 aliphatic heterocycles. The van der Waals surface area contributed by atoms with Crippen molar-refractivity contribution in [1.29, 1.82) is 0 Å². The van der Waals surface area contributed by atoms with Gasteiger partial charge in [0, 0.05) is 31.3 Å². The minimum Gasteiger partial charge on any atom is -0.497 e. The Balaban J connectivity index is 1.96. The molecule has 1 aromatic carbocycles. The molecule has 0 aliphatic rings. The Bertz CT molecular complexity index is 546. The molecule has 5 heteroatoms. The van der Waals surface area contributed by atoms with Crippen LogP contribution in [0, 0.1) is 0 Å². The third-order valence-corrected chi connectivity index (χ3v) is 2.99. The molecule has 0 aliphatic carbocycles. The van der Waals surface area contributed by atoms with Crippen molar-refractivity contribution >= 4 is 16.6 Å². The van der Waals surface area contributed by atoms with Crippen LogP contribution < -0.4 is 15.8 Å². The fourth-order valence-electron chi connectivity index (χ4n) is 1.99. The third kappa shape index (κ3) is 3.82. The fourth-order valence-corrected chi connectivity index (χ4v) is 1.99. The average Bonchev–Trinajstić information content (AvgIpc) is 2.50. The number of nitrogens with two attached hydrogens (primary N) is 1. The molecule has 3 N–H and O–H groups in total. The smallest absolute Gasteiger partial charge is 0.133 e. The topological polar surface area (TPSA) is 69.4 Å². The molecule has 0 bridgehead atoms. The van der Waals surface area contributed by atoms with E-state index in [0.717, 1.165) is 35.3 Å². The number of anilines is 1. The maximum Gasteiger partial charge on any atom is 0.133 e. The molecule has 0 unspecified atom stereocenters. The molecule has 0 fully saturated rings. The Labute approximate surface area is 119 Å². The molecule has 20 heavy (non-hydrogen) atoms. The quantitative estimate of drug-likeness (QED) is 0.721. The first-order chi connectivity index (χ1) is 9.85. The highest BCUT2D eigenvalue weighted by atomic mass is 16.5. The molecule has 2 rings (SSSR count). The highest BCUT2D eigenvalue weighted by molar-refractivity contribution is 5.92. The second-order valence-corrected chi connectivity index (χ2v) is 4.43. The monoisotopic (exact) mass is 275 g/mol. The van der Waals surface area contributed by atoms with Gasteiger partial charge in [-0.25, -0.2) is 4.98 Å². The summed E-state index contributed by atoms with van der Waals surface area (Å²) in [5.41, 5.74) is 5.36. The first-order valence-electron chi connectivity index (χ1n) is 6.79. The maximum atomic E-state index is 5.36. The third-order valence-electron chi connectivity index (χ3n) is 2.99. The molecule has 0 atom stereocenters. The number of rotatable bonds is 8. The van der Waals surface area contributed by atoms with E-state index in [-0.39, 0.29) is 0 Å². The summed E-state index contributed by atoms with van der Waals surface area (Å²) in [7, 11) is 1.67. The molecule has 108 valence electrons. The van der Waals surface area contributed by atoms with Crippen LogP contribution in [-0.4, -0.2) is 38.4 Å². The van der Waals surface area contributed by atoms with Gasteiger partial charge in [0.15, 0.2) is 0 Å². The van der Waals surface area contributed by atoms with Gasteiger partial charge < -0.3 is 20.5 Å². The summed E-state index contributed by atoms with van der Waals surface area (Å²) >= 11 is 0. The summed E-state index contributed by atoms with van der Waals surface area (Å²) in [6.07, 6.45) is 2.73. The van der Waals surface area contributed by atoms with E-state index in [4.69, 9.17) is 15.2 Å². The Kier molecular flexibility index (Phi) is 5.58. The van der Waals surface area contributed by atoms with Gasteiger partial charge in [-0.15, -0.1) is 0 Å². The molecule has 5 nitrogen and oxygen atoms in total. The van der Waals surface area contributed by atoms with Gasteiger partial charge in [-0.1, -0.05) is 0 Å². The van der Waals surface area contributed by atoms with Gasteiger partial charge in [0.05, 0.1) is 13.7 Å². The molecule has 1 aromatic heterocycles. The first-order valence-corrected chi connectivity index (χ1v) is 6.79. The second kappa shape index (κ2) is 7.67. The van der Waals surface area contributed by atoms with E-state index in [9.17, 15) is 0 Å². The van der Waals surface area contributed by atoms with Crippen LogP contribution in [0.15, 0.2) is 30.5 Å². The number of pyridine rings is 1. The predicted molar refractivity (Wildman–Crippen MR) is 81.3 cm³/mol. The number of aromatic nitrogens is 1. The van der Waals surface area contributed by atoms with E-state index in [0.29, 0.717) is 19.8 Å². The average molecular weight is 275 g/mol. The zero-order chi connectivity index (χ0) is 14.2. The molecule has 0 radical (unpaired) electrons. The molecule has 0 saturated heterocycles. The molecule has 1 heterocycles. The number of benzene rings is 1. The summed E-state index contributed by atoms with van der Waals surface area (Å²) in [5.74, 6) is 1.74. The normalized spacial score (nSPS) is 10.7. The van der Waals surface area contributed by atoms with Crippen molar-refractivity contribution in [3.05, 3.63) is 30.5 Å². The summed E-state index contributed by atoms with van der Waals surface area (Å²) in [4.78, 5) is 4.38. The molecule has 0 saturated carbocycles. The summed E-state index contributed by atoms with van der Waals surface area (Å²) < 4.78 is 10.6. The van der Waals surface area contributed by atoms with Crippen molar-refractivity contribution in [2.45, 2.75) is 6.42 Å². The first kappa shape index (κ1) is 14.6. The minimum absolute atomic E-state index is 0.570. The molecule has 0 amide bonds. The SMILES string of the molecule is COc1ccc2c(NCCCOCCN)nccc2c1. The second-order valence-electron chi connectivity index (χ2n) is 4.43. The van der Waals surface area contributed by atoms with Crippen LogP contribution in [0.4, 0.5) is 5.82 Å². The van der Waals surface area contributed by atoms with Crippen LogP contribution in [0.25, 0.3) is 10.8 Å². The van der Waals surface area contributed by atoms with Crippen molar-refractivity contribution in [2.24, 2.45) is 5.73 Å². The fraction of sp³-hybridized carbons (Fsp3) is 0.400. The summed E-state index contributed by atoms with van der Waals surface area (Å²) in [6, 6.07) is 7.95. The molecule has 0 spiro atoms.